The average Bonchev–Trinajstić information content (AvgIpc) is 2.89. The Balaban J connectivity index is 2.19. The van der Waals surface area contributed by atoms with Gasteiger partial charge in [0.25, 0.3) is 0 Å². The van der Waals surface area contributed by atoms with Crippen molar-refractivity contribution in [3.63, 3.8) is 0 Å². The monoisotopic (exact) mass is 274 g/mol. The summed E-state index contributed by atoms with van der Waals surface area (Å²) in [6.07, 6.45) is 1.55. The third-order valence-electron chi connectivity index (χ3n) is 3.35. The predicted molar refractivity (Wildman–Crippen MR) is 72.5 cm³/mol. The largest absolute Gasteiger partial charge is 0.392 e. The third kappa shape index (κ3) is 3.01. The summed E-state index contributed by atoms with van der Waals surface area (Å²) in [5, 5.41) is 9.65. The van der Waals surface area contributed by atoms with Crippen LogP contribution in [0.3, 0.4) is 0 Å². The van der Waals surface area contributed by atoms with Crippen LogP contribution >= 0.6 is 22.9 Å². The van der Waals surface area contributed by atoms with Gasteiger partial charge in [-0.3, -0.25) is 4.90 Å². The van der Waals surface area contributed by atoms with E-state index in [0.29, 0.717) is 6.54 Å². The highest BCUT2D eigenvalue weighted by molar-refractivity contribution is 7.16. The minimum absolute atomic E-state index is 0.0926. The number of aliphatic hydroxyl groups excluding tert-OH is 1. The van der Waals surface area contributed by atoms with Crippen LogP contribution in [-0.4, -0.2) is 35.2 Å². The molecule has 2 rings (SSSR count). The van der Waals surface area contributed by atoms with E-state index in [1.54, 1.807) is 11.3 Å². The van der Waals surface area contributed by atoms with Gasteiger partial charge in [-0.15, -0.1) is 11.3 Å². The van der Waals surface area contributed by atoms with E-state index in [9.17, 15) is 5.11 Å². The fourth-order valence-electron chi connectivity index (χ4n) is 2.39. The molecule has 3 atom stereocenters. The van der Waals surface area contributed by atoms with Crippen LogP contribution in [0, 0.1) is 0 Å². The van der Waals surface area contributed by atoms with Gasteiger partial charge >= 0.3 is 0 Å². The average molecular weight is 275 g/mol. The Bertz CT molecular complexity index is 371. The molecule has 1 aromatic heterocycles. The number of likely N-dealkylation sites (tertiary alicyclic amines) is 1. The fraction of sp³-hybridized carbons (Fsp3) is 0.667. The third-order valence-corrected chi connectivity index (χ3v) is 4.65. The maximum absolute atomic E-state index is 9.65. The zero-order valence-electron chi connectivity index (χ0n) is 9.97. The van der Waals surface area contributed by atoms with Crippen LogP contribution in [0.1, 0.15) is 30.7 Å². The number of nitrogens with two attached hydrogens (primary N) is 1. The first kappa shape index (κ1) is 13.3. The van der Waals surface area contributed by atoms with E-state index in [1.807, 2.05) is 6.07 Å². The van der Waals surface area contributed by atoms with E-state index in [-0.39, 0.29) is 18.2 Å². The van der Waals surface area contributed by atoms with Crippen molar-refractivity contribution in [3.05, 3.63) is 21.3 Å². The SMILES string of the molecule is CCC(N)C(c1ccc(Cl)s1)N1CCC(O)C1. The molecule has 2 heterocycles. The number of hydrogen-bond donors (Lipinski definition) is 2. The molecule has 1 aromatic rings. The van der Waals surface area contributed by atoms with Crippen LogP contribution in [0.15, 0.2) is 12.1 Å². The predicted octanol–water partition coefficient (Wildman–Crippen LogP) is 2.25. The van der Waals surface area contributed by atoms with Crippen LogP contribution in [0.5, 0.6) is 0 Å². The second-order valence-electron chi connectivity index (χ2n) is 4.60. The Labute approximate surface area is 111 Å². The number of nitrogens with zero attached hydrogens (tertiary/aromatic N) is 1. The highest BCUT2D eigenvalue weighted by Gasteiger charge is 2.32. The second-order valence-corrected chi connectivity index (χ2v) is 6.34. The summed E-state index contributed by atoms with van der Waals surface area (Å²) < 4.78 is 0.799. The van der Waals surface area contributed by atoms with Gasteiger partial charge in [0.1, 0.15) is 0 Å². The van der Waals surface area contributed by atoms with Crippen molar-refractivity contribution in [2.24, 2.45) is 5.73 Å². The van der Waals surface area contributed by atoms with Crippen LogP contribution in [0.4, 0.5) is 0 Å². The number of halogens is 1. The maximum Gasteiger partial charge on any atom is 0.0931 e. The fourth-order valence-corrected chi connectivity index (χ4v) is 3.67. The molecule has 0 spiro atoms. The van der Waals surface area contributed by atoms with Gasteiger partial charge in [-0.1, -0.05) is 18.5 Å². The summed E-state index contributed by atoms with van der Waals surface area (Å²) in [6.45, 7) is 3.72. The van der Waals surface area contributed by atoms with Crippen LogP contribution in [0.25, 0.3) is 0 Å². The van der Waals surface area contributed by atoms with Gasteiger partial charge in [-0.05, 0) is 25.0 Å². The molecule has 5 heteroatoms. The van der Waals surface area contributed by atoms with Crippen molar-refractivity contribution < 1.29 is 5.11 Å². The number of hydrogen-bond acceptors (Lipinski definition) is 4. The Morgan fingerprint density at radius 3 is 2.88 bits per heavy atom. The van der Waals surface area contributed by atoms with E-state index in [0.717, 1.165) is 23.7 Å². The zero-order chi connectivity index (χ0) is 12.4. The summed E-state index contributed by atoms with van der Waals surface area (Å²) in [5.41, 5.74) is 6.22. The summed E-state index contributed by atoms with van der Waals surface area (Å²) in [7, 11) is 0. The zero-order valence-corrected chi connectivity index (χ0v) is 11.5. The molecular weight excluding hydrogens is 256 g/mol. The van der Waals surface area contributed by atoms with Crippen molar-refractivity contribution in [2.75, 3.05) is 13.1 Å². The van der Waals surface area contributed by atoms with Gasteiger partial charge in [0.05, 0.1) is 16.5 Å². The molecule has 3 N–H and O–H groups in total. The lowest BCUT2D eigenvalue weighted by molar-refractivity contribution is 0.149. The maximum atomic E-state index is 9.65. The summed E-state index contributed by atoms with van der Waals surface area (Å²) in [4.78, 5) is 3.49. The van der Waals surface area contributed by atoms with Crippen molar-refractivity contribution >= 4 is 22.9 Å². The first-order valence-electron chi connectivity index (χ1n) is 6.04. The van der Waals surface area contributed by atoms with Crippen molar-refractivity contribution in [1.29, 1.82) is 0 Å². The molecule has 17 heavy (non-hydrogen) atoms. The normalized spacial score (nSPS) is 25.1. The standard InChI is InChI=1S/C12H19ClN2OS/c1-2-9(14)12(10-3-4-11(13)17-10)15-6-5-8(16)7-15/h3-4,8-9,12,16H,2,5-7,14H2,1H3. The van der Waals surface area contributed by atoms with Crippen molar-refractivity contribution in [2.45, 2.75) is 38.0 Å². The van der Waals surface area contributed by atoms with Crippen LogP contribution in [-0.2, 0) is 0 Å². The Kier molecular flexibility index (Phi) is 4.44. The molecule has 1 aliphatic heterocycles. The minimum Gasteiger partial charge on any atom is -0.392 e. The van der Waals surface area contributed by atoms with E-state index >= 15 is 0 Å². The quantitative estimate of drug-likeness (QED) is 0.885. The Hall–Kier alpha value is -0.130. The summed E-state index contributed by atoms with van der Waals surface area (Å²) in [5.74, 6) is 0. The number of β-amino-alcohol motifs (C(OH)–C–C–N with tert-alkyl or cyclic N) is 1. The van der Waals surface area contributed by atoms with E-state index in [4.69, 9.17) is 17.3 Å². The molecule has 96 valence electrons. The summed E-state index contributed by atoms with van der Waals surface area (Å²) >= 11 is 7.59. The molecule has 3 unspecified atom stereocenters. The molecular formula is C12H19ClN2OS. The van der Waals surface area contributed by atoms with E-state index in [2.05, 4.69) is 17.9 Å². The minimum atomic E-state index is -0.211. The van der Waals surface area contributed by atoms with Crippen LogP contribution < -0.4 is 5.73 Å². The molecule has 0 amide bonds. The van der Waals surface area contributed by atoms with Gasteiger partial charge in [-0.25, -0.2) is 0 Å². The first-order valence-corrected chi connectivity index (χ1v) is 7.24. The second kappa shape index (κ2) is 5.67. The number of aliphatic hydroxyl groups is 1. The molecule has 1 aliphatic rings. The highest BCUT2D eigenvalue weighted by atomic mass is 35.5. The van der Waals surface area contributed by atoms with Crippen molar-refractivity contribution in [1.82, 2.24) is 4.90 Å². The van der Waals surface area contributed by atoms with Gasteiger partial charge in [0.2, 0.25) is 0 Å². The number of rotatable bonds is 4. The van der Waals surface area contributed by atoms with Gasteiger partial charge < -0.3 is 10.8 Å². The molecule has 0 bridgehead atoms. The molecule has 0 aromatic carbocycles. The molecule has 1 fully saturated rings. The van der Waals surface area contributed by atoms with Gasteiger partial charge in [0, 0.05) is 24.0 Å². The van der Waals surface area contributed by atoms with Gasteiger partial charge in [-0.2, -0.15) is 0 Å². The number of thiophene rings is 1. The van der Waals surface area contributed by atoms with Crippen molar-refractivity contribution in [3.8, 4) is 0 Å². The molecule has 3 nitrogen and oxygen atoms in total. The van der Waals surface area contributed by atoms with Gasteiger partial charge in [0.15, 0.2) is 0 Å². The molecule has 1 saturated heterocycles. The Morgan fingerprint density at radius 2 is 2.41 bits per heavy atom. The molecule has 0 aliphatic carbocycles. The summed E-state index contributed by atoms with van der Waals surface area (Å²) in [6, 6.07) is 4.26. The smallest absolute Gasteiger partial charge is 0.0931 e. The van der Waals surface area contributed by atoms with E-state index < -0.39 is 0 Å². The lowest BCUT2D eigenvalue weighted by atomic mass is 10.0. The topological polar surface area (TPSA) is 49.5 Å². The van der Waals surface area contributed by atoms with Crippen LogP contribution in [0.2, 0.25) is 4.34 Å². The first-order chi connectivity index (χ1) is 8.11. The highest BCUT2D eigenvalue weighted by Crippen LogP contribution is 2.34. The molecule has 0 radical (unpaired) electrons. The molecule has 0 saturated carbocycles. The Morgan fingerprint density at radius 1 is 1.65 bits per heavy atom. The lowest BCUT2D eigenvalue weighted by Crippen LogP contribution is -2.39. The lowest BCUT2D eigenvalue weighted by Gasteiger charge is -2.31. The van der Waals surface area contributed by atoms with E-state index in [1.165, 1.54) is 4.88 Å².